The number of hydrogen-bond acceptors (Lipinski definition) is 3. The van der Waals surface area contributed by atoms with Crippen LogP contribution in [0.5, 0.6) is 0 Å². The van der Waals surface area contributed by atoms with E-state index in [1.165, 1.54) is 24.2 Å². The zero-order valence-electron chi connectivity index (χ0n) is 12.2. The molecule has 1 aromatic heterocycles. The highest BCUT2D eigenvalue weighted by Gasteiger charge is 2.30. The van der Waals surface area contributed by atoms with Crippen LogP contribution < -0.4 is 0 Å². The van der Waals surface area contributed by atoms with Crippen LogP contribution in [0.4, 0.5) is 0 Å². The van der Waals surface area contributed by atoms with Crippen molar-refractivity contribution in [3.63, 3.8) is 0 Å². The van der Waals surface area contributed by atoms with Gasteiger partial charge in [0.2, 0.25) is 0 Å². The minimum atomic E-state index is -0.835. The zero-order chi connectivity index (χ0) is 14.2. The minimum absolute atomic E-state index is 0.204. The molecular weight excluding hydrogens is 258 g/mol. The molecule has 1 N–H and O–H groups in total. The van der Waals surface area contributed by atoms with Crippen LogP contribution in [0.2, 0.25) is 0 Å². The Morgan fingerprint density at radius 2 is 1.84 bits per heavy atom. The number of carbonyl (C=O) groups is 1. The van der Waals surface area contributed by atoms with E-state index in [0.717, 1.165) is 29.5 Å². The van der Waals surface area contributed by atoms with Crippen molar-refractivity contribution < 1.29 is 9.90 Å². The SMILES string of the molecule is CC1CCC(c2nc(C(C)(C)C)c(C(=O)O)s2)CC1. The largest absolute Gasteiger partial charge is 0.477 e. The number of carboxylic acid groups (broad SMARTS) is 1. The molecule has 0 amide bonds. The van der Waals surface area contributed by atoms with E-state index in [4.69, 9.17) is 0 Å². The Balaban J connectivity index is 2.30. The fraction of sp³-hybridized carbons (Fsp3) is 0.733. The molecule has 0 saturated heterocycles. The van der Waals surface area contributed by atoms with Crippen molar-refractivity contribution in [3.8, 4) is 0 Å². The number of rotatable bonds is 2. The van der Waals surface area contributed by atoms with E-state index in [-0.39, 0.29) is 5.41 Å². The lowest BCUT2D eigenvalue weighted by Gasteiger charge is -2.24. The van der Waals surface area contributed by atoms with Gasteiger partial charge in [0.1, 0.15) is 4.88 Å². The molecule has 106 valence electrons. The number of thiazole rings is 1. The molecule has 0 unspecified atom stereocenters. The maximum Gasteiger partial charge on any atom is 0.347 e. The van der Waals surface area contributed by atoms with Gasteiger partial charge in [-0.2, -0.15) is 0 Å². The third kappa shape index (κ3) is 3.16. The Hall–Kier alpha value is -0.900. The Kier molecular flexibility index (Phi) is 4.00. The molecular formula is C15H23NO2S. The topological polar surface area (TPSA) is 50.2 Å². The van der Waals surface area contributed by atoms with E-state index in [0.29, 0.717) is 10.8 Å². The van der Waals surface area contributed by atoms with E-state index in [1.807, 2.05) is 20.8 Å². The Morgan fingerprint density at radius 3 is 2.26 bits per heavy atom. The van der Waals surface area contributed by atoms with Crippen molar-refractivity contribution in [2.24, 2.45) is 5.92 Å². The van der Waals surface area contributed by atoms with E-state index >= 15 is 0 Å². The molecule has 2 rings (SSSR count). The van der Waals surface area contributed by atoms with E-state index in [1.54, 1.807) is 0 Å². The van der Waals surface area contributed by atoms with Crippen LogP contribution in [0.15, 0.2) is 0 Å². The standard InChI is InChI=1S/C15H23NO2S/c1-9-5-7-10(8-6-9)13-16-12(15(2,3)4)11(19-13)14(17)18/h9-10H,5-8H2,1-4H3,(H,17,18). The molecule has 1 fully saturated rings. The summed E-state index contributed by atoms with van der Waals surface area (Å²) >= 11 is 1.39. The van der Waals surface area contributed by atoms with Crippen molar-refractivity contribution in [1.29, 1.82) is 0 Å². The summed E-state index contributed by atoms with van der Waals surface area (Å²) in [5.41, 5.74) is 0.545. The summed E-state index contributed by atoms with van der Waals surface area (Å²) in [4.78, 5) is 16.5. The van der Waals surface area contributed by atoms with Crippen LogP contribution in [0, 0.1) is 5.92 Å². The lowest BCUT2D eigenvalue weighted by Crippen LogP contribution is -2.16. The lowest BCUT2D eigenvalue weighted by molar-refractivity contribution is 0.0699. The first-order chi connectivity index (χ1) is 8.79. The summed E-state index contributed by atoms with van der Waals surface area (Å²) in [5, 5.41) is 10.4. The van der Waals surface area contributed by atoms with Gasteiger partial charge in [0.05, 0.1) is 10.7 Å². The molecule has 0 aromatic carbocycles. The second-order valence-electron chi connectivity index (χ2n) is 6.74. The van der Waals surface area contributed by atoms with Gasteiger partial charge in [-0.05, 0) is 18.8 Å². The predicted molar refractivity (Wildman–Crippen MR) is 78.1 cm³/mol. The maximum atomic E-state index is 11.4. The number of nitrogens with zero attached hydrogens (tertiary/aromatic N) is 1. The highest BCUT2D eigenvalue weighted by molar-refractivity contribution is 7.13. The molecule has 0 bridgehead atoms. The highest BCUT2D eigenvalue weighted by Crippen LogP contribution is 2.40. The quantitative estimate of drug-likeness (QED) is 0.872. The smallest absolute Gasteiger partial charge is 0.347 e. The summed E-state index contributed by atoms with van der Waals surface area (Å²) in [7, 11) is 0. The molecule has 0 spiro atoms. The van der Waals surface area contributed by atoms with E-state index in [2.05, 4.69) is 11.9 Å². The average molecular weight is 281 g/mol. The number of aromatic nitrogens is 1. The number of aromatic carboxylic acids is 1. The van der Waals surface area contributed by atoms with Gasteiger partial charge in [0.15, 0.2) is 0 Å². The van der Waals surface area contributed by atoms with E-state index in [9.17, 15) is 9.90 Å². The van der Waals surface area contributed by atoms with Crippen molar-refractivity contribution in [1.82, 2.24) is 4.98 Å². The highest BCUT2D eigenvalue weighted by atomic mass is 32.1. The number of hydrogen-bond donors (Lipinski definition) is 1. The molecule has 3 nitrogen and oxygen atoms in total. The van der Waals surface area contributed by atoms with Crippen LogP contribution in [0.3, 0.4) is 0 Å². The van der Waals surface area contributed by atoms with Crippen molar-refractivity contribution in [2.75, 3.05) is 0 Å². The first-order valence-electron chi connectivity index (χ1n) is 7.03. The van der Waals surface area contributed by atoms with Gasteiger partial charge >= 0.3 is 5.97 Å². The first-order valence-corrected chi connectivity index (χ1v) is 7.85. The van der Waals surface area contributed by atoms with Gasteiger partial charge in [-0.1, -0.05) is 40.5 Å². The van der Waals surface area contributed by atoms with Crippen molar-refractivity contribution >= 4 is 17.3 Å². The fourth-order valence-electron chi connectivity index (χ4n) is 2.67. The third-order valence-electron chi connectivity index (χ3n) is 3.91. The Labute approximate surface area is 119 Å². The molecule has 0 aliphatic heterocycles. The summed E-state index contributed by atoms with van der Waals surface area (Å²) in [6, 6.07) is 0. The minimum Gasteiger partial charge on any atom is -0.477 e. The molecule has 1 heterocycles. The zero-order valence-corrected chi connectivity index (χ0v) is 13.0. The van der Waals surface area contributed by atoms with Crippen LogP contribution in [-0.4, -0.2) is 16.1 Å². The Morgan fingerprint density at radius 1 is 1.26 bits per heavy atom. The van der Waals surface area contributed by atoms with Gasteiger partial charge in [-0.15, -0.1) is 11.3 Å². The van der Waals surface area contributed by atoms with Gasteiger partial charge < -0.3 is 5.11 Å². The lowest BCUT2D eigenvalue weighted by atomic mass is 9.83. The summed E-state index contributed by atoms with van der Waals surface area (Å²) < 4.78 is 0. The van der Waals surface area contributed by atoms with E-state index < -0.39 is 5.97 Å². The summed E-state index contributed by atoms with van der Waals surface area (Å²) in [6.07, 6.45) is 4.77. The molecule has 1 aromatic rings. The first kappa shape index (κ1) is 14.5. The molecule has 0 radical (unpaired) electrons. The molecule has 4 heteroatoms. The normalized spacial score (nSPS) is 24.4. The van der Waals surface area contributed by atoms with Crippen LogP contribution in [0.1, 0.15) is 79.7 Å². The maximum absolute atomic E-state index is 11.4. The molecule has 19 heavy (non-hydrogen) atoms. The summed E-state index contributed by atoms with van der Waals surface area (Å²) in [6.45, 7) is 8.38. The van der Waals surface area contributed by atoms with Crippen LogP contribution >= 0.6 is 11.3 Å². The van der Waals surface area contributed by atoms with Gasteiger partial charge in [-0.25, -0.2) is 9.78 Å². The van der Waals surface area contributed by atoms with Gasteiger partial charge in [-0.3, -0.25) is 0 Å². The van der Waals surface area contributed by atoms with Gasteiger partial charge in [0.25, 0.3) is 0 Å². The molecule has 1 saturated carbocycles. The van der Waals surface area contributed by atoms with Crippen molar-refractivity contribution in [2.45, 2.75) is 64.7 Å². The second kappa shape index (κ2) is 5.23. The predicted octanol–water partition coefficient (Wildman–Crippen LogP) is 4.43. The molecule has 1 aliphatic carbocycles. The molecule has 0 atom stereocenters. The number of carboxylic acids is 1. The monoisotopic (exact) mass is 281 g/mol. The Bertz CT molecular complexity index is 465. The average Bonchev–Trinajstić information content (AvgIpc) is 2.74. The fourth-order valence-corrected chi connectivity index (χ4v) is 3.96. The second-order valence-corrected chi connectivity index (χ2v) is 7.77. The van der Waals surface area contributed by atoms with Crippen LogP contribution in [0.25, 0.3) is 0 Å². The summed E-state index contributed by atoms with van der Waals surface area (Å²) in [5.74, 6) is 0.436. The van der Waals surface area contributed by atoms with Crippen LogP contribution in [-0.2, 0) is 5.41 Å². The third-order valence-corrected chi connectivity index (χ3v) is 5.12. The van der Waals surface area contributed by atoms with Gasteiger partial charge in [0, 0.05) is 11.3 Å². The molecule has 1 aliphatic rings. The van der Waals surface area contributed by atoms with Crippen molar-refractivity contribution in [3.05, 3.63) is 15.6 Å².